The van der Waals surface area contributed by atoms with Gasteiger partial charge in [0.15, 0.2) is 0 Å². The van der Waals surface area contributed by atoms with Gasteiger partial charge in [-0.1, -0.05) is 19.1 Å². The van der Waals surface area contributed by atoms with E-state index in [1.54, 1.807) is 0 Å². The zero-order valence-corrected chi connectivity index (χ0v) is 10.7. The SMILES string of the molecule is CCC(C(N)=S)N(C)CCc1ccncc1. The lowest BCUT2D eigenvalue weighted by Gasteiger charge is -2.25. The van der Waals surface area contributed by atoms with Gasteiger partial charge in [0.1, 0.15) is 0 Å². The van der Waals surface area contributed by atoms with Crippen LogP contribution >= 0.6 is 12.2 Å². The van der Waals surface area contributed by atoms with E-state index in [-0.39, 0.29) is 6.04 Å². The summed E-state index contributed by atoms with van der Waals surface area (Å²) in [5, 5.41) is 0. The number of pyridine rings is 1. The maximum Gasteiger partial charge on any atom is 0.0901 e. The van der Waals surface area contributed by atoms with Crippen LogP contribution in [0.15, 0.2) is 24.5 Å². The van der Waals surface area contributed by atoms with Gasteiger partial charge in [0, 0.05) is 18.9 Å². The van der Waals surface area contributed by atoms with Crippen molar-refractivity contribution >= 4 is 17.2 Å². The van der Waals surface area contributed by atoms with E-state index in [1.165, 1.54) is 5.56 Å². The average molecular weight is 237 g/mol. The van der Waals surface area contributed by atoms with Gasteiger partial charge in [0.05, 0.1) is 11.0 Å². The van der Waals surface area contributed by atoms with Crippen LogP contribution in [0.2, 0.25) is 0 Å². The molecule has 1 aromatic rings. The molecule has 0 amide bonds. The number of aromatic nitrogens is 1. The average Bonchev–Trinajstić information content (AvgIpc) is 2.28. The summed E-state index contributed by atoms with van der Waals surface area (Å²) in [4.78, 5) is 6.79. The zero-order valence-electron chi connectivity index (χ0n) is 9.89. The molecule has 0 aliphatic rings. The van der Waals surface area contributed by atoms with Gasteiger partial charge >= 0.3 is 0 Å². The quantitative estimate of drug-likeness (QED) is 0.764. The van der Waals surface area contributed by atoms with Gasteiger partial charge < -0.3 is 5.73 Å². The maximum absolute atomic E-state index is 5.70. The number of likely N-dealkylation sites (N-methyl/N-ethyl adjacent to an activating group) is 1. The Kier molecular flexibility index (Phi) is 5.35. The summed E-state index contributed by atoms with van der Waals surface area (Å²) in [7, 11) is 2.06. The number of rotatable bonds is 6. The van der Waals surface area contributed by atoms with Crippen molar-refractivity contribution in [2.24, 2.45) is 5.73 Å². The van der Waals surface area contributed by atoms with Gasteiger partial charge in [-0.15, -0.1) is 0 Å². The third kappa shape index (κ3) is 3.87. The van der Waals surface area contributed by atoms with Crippen LogP contribution in [0.3, 0.4) is 0 Å². The third-order valence-corrected chi connectivity index (χ3v) is 3.02. The van der Waals surface area contributed by atoms with Gasteiger partial charge in [0.25, 0.3) is 0 Å². The van der Waals surface area contributed by atoms with Crippen molar-refractivity contribution in [3.8, 4) is 0 Å². The fraction of sp³-hybridized carbons (Fsp3) is 0.500. The Morgan fingerprint density at radius 2 is 2.12 bits per heavy atom. The zero-order chi connectivity index (χ0) is 12.0. The standard InChI is InChI=1S/C12H19N3S/c1-3-11(12(13)16)15(2)9-6-10-4-7-14-8-5-10/h4-5,7-8,11H,3,6,9H2,1-2H3,(H2,13,16). The van der Waals surface area contributed by atoms with Crippen LogP contribution in [0.5, 0.6) is 0 Å². The molecule has 1 heterocycles. The first kappa shape index (κ1) is 13.1. The van der Waals surface area contributed by atoms with Crippen LogP contribution in [0.1, 0.15) is 18.9 Å². The molecular formula is C12H19N3S. The molecule has 1 rings (SSSR count). The highest BCUT2D eigenvalue weighted by molar-refractivity contribution is 7.80. The lowest BCUT2D eigenvalue weighted by Crippen LogP contribution is -2.41. The third-order valence-electron chi connectivity index (χ3n) is 2.75. The van der Waals surface area contributed by atoms with Gasteiger partial charge in [0.2, 0.25) is 0 Å². The minimum absolute atomic E-state index is 0.205. The molecule has 0 saturated carbocycles. The number of nitrogens with two attached hydrogens (primary N) is 1. The second kappa shape index (κ2) is 6.55. The van der Waals surface area contributed by atoms with E-state index in [0.29, 0.717) is 4.99 Å². The number of thiocarbonyl (C=S) groups is 1. The Morgan fingerprint density at radius 3 is 2.62 bits per heavy atom. The van der Waals surface area contributed by atoms with E-state index in [9.17, 15) is 0 Å². The van der Waals surface area contributed by atoms with Crippen LogP contribution in [0, 0.1) is 0 Å². The molecule has 16 heavy (non-hydrogen) atoms. The smallest absolute Gasteiger partial charge is 0.0901 e. The summed E-state index contributed by atoms with van der Waals surface area (Å²) in [6.07, 6.45) is 5.60. The number of nitrogens with zero attached hydrogens (tertiary/aromatic N) is 2. The van der Waals surface area contributed by atoms with Crippen molar-refractivity contribution in [1.29, 1.82) is 0 Å². The Balaban J connectivity index is 2.46. The second-order valence-electron chi connectivity index (χ2n) is 3.91. The number of hydrogen-bond donors (Lipinski definition) is 1. The van der Waals surface area contributed by atoms with E-state index in [0.717, 1.165) is 19.4 Å². The van der Waals surface area contributed by atoms with Gasteiger partial charge in [-0.05, 0) is 37.6 Å². The first-order valence-corrected chi connectivity index (χ1v) is 5.94. The molecule has 4 heteroatoms. The summed E-state index contributed by atoms with van der Waals surface area (Å²) in [6.45, 7) is 3.06. The molecule has 1 unspecified atom stereocenters. The summed E-state index contributed by atoms with van der Waals surface area (Å²) in [5.41, 5.74) is 6.99. The molecule has 0 bridgehead atoms. The van der Waals surface area contributed by atoms with Crippen LogP contribution in [0.25, 0.3) is 0 Å². The molecule has 0 aromatic carbocycles. The molecule has 0 radical (unpaired) electrons. The highest BCUT2D eigenvalue weighted by Crippen LogP contribution is 2.05. The molecule has 1 aromatic heterocycles. The predicted molar refractivity (Wildman–Crippen MR) is 71.4 cm³/mol. The van der Waals surface area contributed by atoms with Crippen molar-refractivity contribution in [2.75, 3.05) is 13.6 Å². The lowest BCUT2D eigenvalue weighted by molar-refractivity contribution is 0.295. The first-order valence-electron chi connectivity index (χ1n) is 5.53. The van der Waals surface area contributed by atoms with Gasteiger partial charge in [-0.25, -0.2) is 0 Å². The minimum Gasteiger partial charge on any atom is -0.392 e. The van der Waals surface area contributed by atoms with E-state index in [2.05, 4.69) is 23.9 Å². The molecule has 0 fully saturated rings. The minimum atomic E-state index is 0.205. The molecule has 0 aliphatic heterocycles. The Hall–Kier alpha value is -1.00. The van der Waals surface area contributed by atoms with Crippen molar-refractivity contribution in [1.82, 2.24) is 9.88 Å². The molecule has 0 spiro atoms. The summed E-state index contributed by atoms with van der Waals surface area (Å²) in [5.74, 6) is 0. The molecule has 1 atom stereocenters. The second-order valence-corrected chi connectivity index (χ2v) is 4.38. The monoisotopic (exact) mass is 237 g/mol. The predicted octanol–water partition coefficient (Wildman–Crippen LogP) is 1.62. The Labute approximate surface area is 103 Å². The molecular weight excluding hydrogens is 218 g/mol. The highest BCUT2D eigenvalue weighted by atomic mass is 32.1. The highest BCUT2D eigenvalue weighted by Gasteiger charge is 2.14. The summed E-state index contributed by atoms with van der Waals surface area (Å²) < 4.78 is 0. The van der Waals surface area contributed by atoms with Crippen LogP contribution in [-0.4, -0.2) is 34.5 Å². The summed E-state index contributed by atoms with van der Waals surface area (Å²) >= 11 is 5.05. The molecule has 88 valence electrons. The Morgan fingerprint density at radius 1 is 1.50 bits per heavy atom. The van der Waals surface area contributed by atoms with E-state index in [4.69, 9.17) is 18.0 Å². The summed E-state index contributed by atoms with van der Waals surface area (Å²) in [6, 6.07) is 4.28. The van der Waals surface area contributed by atoms with E-state index in [1.807, 2.05) is 24.5 Å². The fourth-order valence-electron chi connectivity index (χ4n) is 1.74. The van der Waals surface area contributed by atoms with Crippen molar-refractivity contribution in [2.45, 2.75) is 25.8 Å². The normalized spacial score (nSPS) is 12.7. The van der Waals surface area contributed by atoms with Gasteiger partial charge in [-0.2, -0.15) is 0 Å². The molecule has 0 saturated heterocycles. The van der Waals surface area contributed by atoms with Crippen molar-refractivity contribution in [3.05, 3.63) is 30.1 Å². The fourth-order valence-corrected chi connectivity index (χ4v) is 2.09. The lowest BCUT2D eigenvalue weighted by atomic mass is 10.1. The molecule has 3 nitrogen and oxygen atoms in total. The molecule has 2 N–H and O–H groups in total. The Bertz CT molecular complexity index is 326. The number of hydrogen-bond acceptors (Lipinski definition) is 3. The van der Waals surface area contributed by atoms with E-state index < -0.39 is 0 Å². The van der Waals surface area contributed by atoms with Gasteiger partial charge in [-0.3, -0.25) is 9.88 Å². The van der Waals surface area contributed by atoms with E-state index >= 15 is 0 Å². The van der Waals surface area contributed by atoms with Crippen LogP contribution < -0.4 is 5.73 Å². The molecule has 0 aliphatic carbocycles. The van der Waals surface area contributed by atoms with Crippen molar-refractivity contribution in [3.63, 3.8) is 0 Å². The maximum atomic E-state index is 5.70. The van der Waals surface area contributed by atoms with Crippen LogP contribution in [-0.2, 0) is 6.42 Å². The largest absolute Gasteiger partial charge is 0.392 e. The van der Waals surface area contributed by atoms with Crippen LogP contribution in [0.4, 0.5) is 0 Å². The van der Waals surface area contributed by atoms with Crippen molar-refractivity contribution < 1.29 is 0 Å². The topological polar surface area (TPSA) is 42.1 Å². The first-order chi connectivity index (χ1) is 7.65.